The fourth-order valence-corrected chi connectivity index (χ4v) is 2.85. The van der Waals surface area contributed by atoms with Crippen molar-refractivity contribution in [2.24, 2.45) is 5.11 Å². The van der Waals surface area contributed by atoms with E-state index in [1.807, 2.05) is 6.92 Å². The molecule has 1 atom stereocenters. The van der Waals surface area contributed by atoms with Gasteiger partial charge in [0.15, 0.2) is 0 Å². The Labute approximate surface area is 94.1 Å². The van der Waals surface area contributed by atoms with Crippen LogP contribution in [-0.4, -0.2) is 37.0 Å². The highest BCUT2D eigenvalue weighted by Gasteiger charge is 2.57. The van der Waals surface area contributed by atoms with Crippen molar-refractivity contribution in [2.45, 2.75) is 56.5 Å². The molecule has 6 nitrogen and oxygen atoms in total. The van der Waals surface area contributed by atoms with Crippen LogP contribution >= 0.6 is 0 Å². The highest BCUT2D eigenvalue weighted by Crippen LogP contribution is 2.46. The summed E-state index contributed by atoms with van der Waals surface area (Å²) in [4.78, 5) is 0. The third-order valence-electron chi connectivity index (χ3n) is 3.58. The summed E-state index contributed by atoms with van der Waals surface area (Å²) in [5.41, 5.74) is 6.77. The first-order valence-electron chi connectivity index (χ1n) is 5.82. The minimum atomic E-state index is -0.945. The third-order valence-corrected chi connectivity index (χ3v) is 3.58. The van der Waals surface area contributed by atoms with Crippen LogP contribution < -0.4 is 5.32 Å². The lowest BCUT2D eigenvalue weighted by Crippen LogP contribution is -2.68. The standard InChI is InChI=1S/C10H17N3O3/c1-6(12-5-13-11)10-14-7-2-8(15-10)4-9(3-7)16-10/h6-9,11-12H,2-5H2,1H3. The third kappa shape index (κ3) is 1.57. The molecule has 0 amide bonds. The molecule has 0 spiro atoms. The number of ether oxygens (including phenoxy) is 3. The van der Waals surface area contributed by atoms with Crippen LogP contribution in [0.25, 0.3) is 0 Å². The second kappa shape index (κ2) is 3.73. The maximum absolute atomic E-state index is 6.77. The van der Waals surface area contributed by atoms with Gasteiger partial charge in [-0.3, -0.25) is 5.32 Å². The number of hydrogen-bond acceptors (Lipinski definition) is 6. The Balaban J connectivity index is 1.75. The average Bonchev–Trinajstić information content (AvgIpc) is 2.24. The molecule has 90 valence electrons. The molecule has 3 saturated heterocycles. The molecule has 1 saturated carbocycles. The monoisotopic (exact) mass is 227 g/mol. The van der Waals surface area contributed by atoms with Crippen molar-refractivity contribution in [3.05, 3.63) is 0 Å². The summed E-state index contributed by atoms with van der Waals surface area (Å²) in [7, 11) is 0. The smallest absolute Gasteiger partial charge is 0.299 e. The minimum absolute atomic E-state index is 0.116. The lowest BCUT2D eigenvalue weighted by atomic mass is 9.88. The fourth-order valence-electron chi connectivity index (χ4n) is 2.85. The number of nitrogens with one attached hydrogen (secondary N) is 2. The van der Waals surface area contributed by atoms with E-state index in [0.717, 1.165) is 19.3 Å². The van der Waals surface area contributed by atoms with Gasteiger partial charge in [0.2, 0.25) is 0 Å². The molecule has 4 aliphatic rings. The van der Waals surface area contributed by atoms with Crippen LogP contribution in [0.3, 0.4) is 0 Å². The molecule has 0 radical (unpaired) electrons. The van der Waals surface area contributed by atoms with Gasteiger partial charge < -0.3 is 14.2 Å². The zero-order valence-corrected chi connectivity index (χ0v) is 9.31. The van der Waals surface area contributed by atoms with Gasteiger partial charge in [0.25, 0.3) is 5.97 Å². The van der Waals surface area contributed by atoms with Crippen LogP contribution in [0.4, 0.5) is 0 Å². The van der Waals surface area contributed by atoms with Crippen molar-refractivity contribution in [3.63, 3.8) is 0 Å². The zero-order valence-electron chi connectivity index (χ0n) is 9.31. The van der Waals surface area contributed by atoms with E-state index in [9.17, 15) is 0 Å². The Morgan fingerprint density at radius 2 is 1.75 bits per heavy atom. The van der Waals surface area contributed by atoms with E-state index in [1.54, 1.807) is 0 Å². The van der Waals surface area contributed by atoms with Gasteiger partial charge in [-0.1, -0.05) is 0 Å². The highest BCUT2D eigenvalue weighted by molar-refractivity contribution is 4.94. The van der Waals surface area contributed by atoms with Crippen molar-refractivity contribution >= 4 is 0 Å². The average molecular weight is 227 g/mol. The van der Waals surface area contributed by atoms with E-state index >= 15 is 0 Å². The molecule has 3 aliphatic heterocycles. The van der Waals surface area contributed by atoms with Gasteiger partial charge in [0.05, 0.1) is 24.4 Å². The van der Waals surface area contributed by atoms with E-state index < -0.39 is 5.97 Å². The van der Waals surface area contributed by atoms with E-state index in [1.165, 1.54) is 0 Å². The molecule has 2 N–H and O–H groups in total. The maximum atomic E-state index is 6.77. The van der Waals surface area contributed by atoms with E-state index in [-0.39, 0.29) is 31.0 Å². The largest absolute Gasteiger partial charge is 0.323 e. The van der Waals surface area contributed by atoms with Crippen molar-refractivity contribution in [3.8, 4) is 0 Å². The number of nitrogens with zero attached hydrogens (tertiary/aromatic N) is 1. The molecular weight excluding hydrogens is 210 g/mol. The summed E-state index contributed by atoms with van der Waals surface area (Å²) >= 11 is 0. The molecule has 6 heteroatoms. The molecule has 0 aromatic rings. The van der Waals surface area contributed by atoms with Gasteiger partial charge in [0, 0.05) is 19.3 Å². The Morgan fingerprint density at radius 1 is 1.25 bits per heavy atom. The van der Waals surface area contributed by atoms with E-state index in [0.29, 0.717) is 0 Å². The molecule has 4 bridgehead atoms. The minimum Gasteiger partial charge on any atom is -0.323 e. The van der Waals surface area contributed by atoms with Crippen LogP contribution in [0, 0.1) is 5.53 Å². The Hall–Kier alpha value is -0.560. The quantitative estimate of drug-likeness (QED) is 0.702. The molecule has 1 unspecified atom stereocenters. The molecule has 16 heavy (non-hydrogen) atoms. The van der Waals surface area contributed by atoms with Crippen LogP contribution in [-0.2, 0) is 14.2 Å². The van der Waals surface area contributed by atoms with Crippen LogP contribution in [0.1, 0.15) is 26.2 Å². The predicted molar refractivity (Wildman–Crippen MR) is 53.8 cm³/mol. The summed E-state index contributed by atoms with van der Waals surface area (Å²) in [6, 6.07) is -0.116. The van der Waals surface area contributed by atoms with Crippen LogP contribution in [0.15, 0.2) is 5.11 Å². The molecule has 4 rings (SSSR count). The molecule has 4 fully saturated rings. The van der Waals surface area contributed by atoms with Gasteiger partial charge in [-0.25, -0.2) is 5.53 Å². The SMILES string of the molecule is CC(NCN=N)C12OC3CC(CC(C3)O1)O2. The summed E-state index contributed by atoms with van der Waals surface area (Å²) < 4.78 is 17.6. The molecule has 3 heterocycles. The van der Waals surface area contributed by atoms with Gasteiger partial charge >= 0.3 is 0 Å². The van der Waals surface area contributed by atoms with Crippen molar-refractivity contribution in [1.82, 2.24) is 5.32 Å². The Bertz CT molecular complexity index is 262. The first kappa shape index (κ1) is 10.6. The summed E-state index contributed by atoms with van der Waals surface area (Å²) in [6.45, 7) is 2.21. The van der Waals surface area contributed by atoms with Crippen molar-refractivity contribution in [2.75, 3.05) is 6.67 Å². The highest BCUT2D eigenvalue weighted by atomic mass is 16.9. The molecule has 1 aliphatic carbocycles. The topological polar surface area (TPSA) is 75.9 Å². The van der Waals surface area contributed by atoms with Crippen LogP contribution in [0.5, 0.6) is 0 Å². The van der Waals surface area contributed by atoms with Gasteiger partial charge in [0.1, 0.15) is 6.67 Å². The van der Waals surface area contributed by atoms with Crippen LogP contribution in [0.2, 0.25) is 0 Å². The van der Waals surface area contributed by atoms with Crippen molar-refractivity contribution in [1.29, 1.82) is 5.53 Å². The summed E-state index contributed by atoms with van der Waals surface area (Å²) in [5, 5.41) is 6.34. The summed E-state index contributed by atoms with van der Waals surface area (Å²) in [6.07, 6.45) is 3.75. The predicted octanol–water partition coefficient (Wildman–Crippen LogP) is 0.973. The van der Waals surface area contributed by atoms with Gasteiger partial charge in [-0.05, 0) is 6.92 Å². The Morgan fingerprint density at radius 3 is 2.19 bits per heavy atom. The molecule has 0 aromatic heterocycles. The Kier molecular flexibility index (Phi) is 2.47. The maximum Gasteiger partial charge on any atom is 0.299 e. The molecule has 0 aromatic carbocycles. The summed E-state index contributed by atoms with van der Waals surface area (Å²) in [5.74, 6) is -0.945. The zero-order chi connectivity index (χ0) is 11.2. The second-order valence-electron chi connectivity index (χ2n) is 4.77. The first-order chi connectivity index (χ1) is 7.72. The van der Waals surface area contributed by atoms with E-state index in [2.05, 4.69) is 10.4 Å². The van der Waals surface area contributed by atoms with Gasteiger partial charge in [-0.2, -0.15) is 5.11 Å². The molecular formula is C10H17N3O3. The fraction of sp³-hybridized carbons (Fsp3) is 1.00. The normalized spacial score (nSPS) is 46.9. The van der Waals surface area contributed by atoms with Crippen molar-refractivity contribution < 1.29 is 14.2 Å². The number of hydrogen-bond donors (Lipinski definition) is 2. The van der Waals surface area contributed by atoms with E-state index in [4.69, 9.17) is 19.7 Å². The lowest BCUT2D eigenvalue weighted by molar-refractivity contribution is -0.500. The second-order valence-corrected chi connectivity index (χ2v) is 4.77. The number of rotatable bonds is 4. The first-order valence-corrected chi connectivity index (χ1v) is 5.82. The lowest BCUT2D eigenvalue weighted by Gasteiger charge is -2.56. The van der Waals surface area contributed by atoms with Gasteiger partial charge in [-0.15, -0.1) is 0 Å².